The van der Waals surface area contributed by atoms with Crippen LogP contribution in [0.5, 0.6) is 0 Å². The van der Waals surface area contributed by atoms with Crippen molar-refractivity contribution in [3.8, 4) is 0 Å². The molecule has 0 aliphatic heterocycles. The van der Waals surface area contributed by atoms with Crippen LogP contribution in [0, 0.1) is 0 Å². The highest BCUT2D eigenvalue weighted by atomic mass is 31.2. The van der Waals surface area contributed by atoms with Crippen molar-refractivity contribution in [2.75, 3.05) is 26.4 Å². The van der Waals surface area contributed by atoms with Crippen LogP contribution in [-0.2, 0) is 41.8 Å². The van der Waals surface area contributed by atoms with Crippen molar-refractivity contribution in [3.63, 3.8) is 0 Å². The summed E-state index contributed by atoms with van der Waals surface area (Å²) in [6.07, 6.45) is 51.3. The summed E-state index contributed by atoms with van der Waals surface area (Å²) in [5, 5.41) is 19.2. The number of hydrogen-bond donors (Lipinski definition) is 5. The Hall–Kier alpha value is -3.78. The van der Waals surface area contributed by atoms with Gasteiger partial charge >= 0.3 is 27.6 Å². The molecule has 0 heterocycles. The molecule has 0 amide bonds. The van der Waals surface area contributed by atoms with E-state index in [4.69, 9.17) is 23.8 Å². The molecule has 0 spiro atoms. The van der Waals surface area contributed by atoms with E-state index in [2.05, 4.69) is 88.9 Å². The maximum absolute atomic E-state index is 12.6. The van der Waals surface area contributed by atoms with Gasteiger partial charge < -0.3 is 34.4 Å². The smallest absolute Gasteiger partial charge is 0.462 e. The monoisotopic (exact) mass is 936 g/mol. The van der Waals surface area contributed by atoms with Crippen LogP contribution in [0.25, 0.3) is 0 Å². The van der Waals surface area contributed by atoms with Crippen LogP contribution in [0.4, 0.5) is 0 Å². The summed E-state index contributed by atoms with van der Waals surface area (Å²) in [6, 6.07) is 0. The fraction of sp³-hybridized carbons (Fsp3) is 0.500. The Morgan fingerprint density at radius 2 is 0.969 bits per heavy atom. The Morgan fingerprint density at radius 3 is 1.47 bits per heavy atom. The van der Waals surface area contributed by atoms with E-state index in [1.165, 1.54) is 0 Å². The predicted molar refractivity (Wildman–Crippen MR) is 254 cm³/mol. The standard InChI is InChI=1S/C48H74O14P2/c1-3-5-6-7-8-9-10-11-12-13-14-15-16-21-24-27-30-33-36-39-48(52)62-46(43-61-64(56,57)60-41-45(50)40-59-63(53,54)55)42-58-47(51)38-35-32-29-26-23-20-18-17-19-22-25-28-31-34-37-44(49)4-2/h5-6,8-9,11-12,14-15,18-22,24,26,28-31,33-34,37,44-46,49-50H,3-4,7,10,13,16-17,23,25,27,32,35-36,38-43H2,1-2H3,(H,56,57)(H2,53,54,55)/b6-5-,9-8-,12-11-,15-14-,20-18-,22-19-,24-21-,29-26-,31-28-,33-30-,37-34+/t44-,45-,46+/m0/s1. The molecule has 1 unspecified atom stereocenters. The van der Waals surface area contributed by atoms with Gasteiger partial charge in [0.05, 0.1) is 25.9 Å². The molecule has 0 aromatic rings. The molecule has 0 radical (unpaired) electrons. The molecule has 4 atom stereocenters. The van der Waals surface area contributed by atoms with E-state index >= 15 is 0 Å². The van der Waals surface area contributed by atoms with Gasteiger partial charge in [0.25, 0.3) is 0 Å². The van der Waals surface area contributed by atoms with Crippen molar-refractivity contribution in [3.05, 3.63) is 134 Å². The number of aliphatic hydroxyl groups excluding tert-OH is 2. The van der Waals surface area contributed by atoms with Crippen molar-refractivity contribution in [1.29, 1.82) is 0 Å². The second kappa shape index (κ2) is 41.9. The number of carbonyl (C=O) groups excluding carboxylic acids is 2. The summed E-state index contributed by atoms with van der Waals surface area (Å²) >= 11 is 0. The van der Waals surface area contributed by atoms with Gasteiger partial charge in [-0.15, -0.1) is 0 Å². The summed E-state index contributed by atoms with van der Waals surface area (Å²) in [5.41, 5.74) is 0. The van der Waals surface area contributed by atoms with Crippen LogP contribution < -0.4 is 0 Å². The molecule has 0 aromatic carbocycles. The molecule has 0 aromatic heterocycles. The number of allylic oxidation sites excluding steroid dienone is 21. The fourth-order valence-electron chi connectivity index (χ4n) is 4.77. The summed E-state index contributed by atoms with van der Waals surface area (Å²) in [7, 11) is -9.75. The molecule has 0 fully saturated rings. The number of rotatable bonds is 39. The Kier molecular flexibility index (Phi) is 39.4. The molecular formula is C48H74O14P2. The Balaban J connectivity index is 4.77. The molecular weight excluding hydrogens is 862 g/mol. The van der Waals surface area contributed by atoms with Gasteiger partial charge in [-0.3, -0.25) is 23.2 Å². The van der Waals surface area contributed by atoms with Crippen molar-refractivity contribution < 1.29 is 66.7 Å². The molecule has 0 aliphatic rings. The molecule has 0 saturated carbocycles. The highest BCUT2D eigenvalue weighted by Gasteiger charge is 2.28. The lowest BCUT2D eigenvalue weighted by atomic mass is 10.2. The lowest BCUT2D eigenvalue weighted by Crippen LogP contribution is -2.29. The van der Waals surface area contributed by atoms with E-state index in [0.717, 1.165) is 51.4 Å². The first-order chi connectivity index (χ1) is 30.8. The molecule has 0 saturated heterocycles. The number of unbranched alkanes of at least 4 members (excludes halogenated alkanes) is 1. The third-order valence-corrected chi connectivity index (χ3v) is 9.63. The Morgan fingerprint density at radius 1 is 0.516 bits per heavy atom. The predicted octanol–water partition coefficient (Wildman–Crippen LogP) is 10.4. The number of esters is 2. The van der Waals surface area contributed by atoms with Gasteiger partial charge in [-0.25, -0.2) is 9.13 Å². The lowest BCUT2D eigenvalue weighted by Gasteiger charge is -2.20. The van der Waals surface area contributed by atoms with Crippen LogP contribution in [0.1, 0.15) is 110 Å². The number of phosphoric ester groups is 2. The molecule has 16 heteroatoms. The van der Waals surface area contributed by atoms with Gasteiger partial charge in [0, 0.05) is 12.8 Å². The maximum atomic E-state index is 12.6. The van der Waals surface area contributed by atoms with E-state index in [-0.39, 0.29) is 12.8 Å². The quantitative estimate of drug-likeness (QED) is 0.0127. The van der Waals surface area contributed by atoms with Crippen molar-refractivity contribution >= 4 is 27.6 Å². The average Bonchev–Trinajstić information content (AvgIpc) is 3.26. The summed E-state index contributed by atoms with van der Waals surface area (Å²) in [6.45, 7) is 1.13. The largest absolute Gasteiger partial charge is 0.472 e. The SMILES string of the molecule is CC/C=C\C/C=C\C/C=C\C/C=C\C/C=C\C/C=C\CCC(=O)O[C@H](COC(=O)CCC/C=C\C/C=C\C/C=C\C/C=C\C=C\[C@@H](O)CC)COP(=O)(O)OC[C@@H](O)COP(=O)(O)O. The zero-order valence-corrected chi connectivity index (χ0v) is 39.5. The van der Waals surface area contributed by atoms with Crippen molar-refractivity contribution in [1.82, 2.24) is 0 Å². The zero-order chi connectivity index (χ0) is 47.4. The van der Waals surface area contributed by atoms with Crippen LogP contribution in [0.3, 0.4) is 0 Å². The van der Waals surface area contributed by atoms with Crippen LogP contribution in [0.15, 0.2) is 134 Å². The number of ether oxygens (including phenoxy) is 2. The fourth-order valence-corrected chi connectivity index (χ4v) is 5.93. The first-order valence-electron chi connectivity index (χ1n) is 22.0. The first-order valence-corrected chi connectivity index (χ1v) is 25.0. The van der Waals surface area contributed by atoms with Gasteiger partial charge in [0.15, 0.2) is 6.10 Å². The maximum Gasteiger partial charge on any atom is 0.472 e. The molecule has 360 valence electrons. The number of hydrogen-bond acceptors (Lipinski definition) is 11. The molecule has 64 heavy (non-hydrogen) atoms. The van der Waals surface area contributed by atoms with Crippen LogP contribution >= 0.6 is 15.6 Å². The van der Waals surface area contributed by atoms with Gasteiger partial charge in [-0.1, -0.05) is 148 Å². The highest BCUT2D eigenvalue weighted by Crippen LogP contribution is 2.43. The average molecular weight is 937 g/mol. The van der Waals surface area contributed by atoms with Crippen LogP contribution in [0.2, 0.25) is 0 Å². The van der Waals surface area contributed by atoms with E-state index < -0.39 is 72.3 Å². The van der Waals surface area contributed by atoms with E-state index in [0.29, 0.717) is 32.1 Å². The third-order valence-electron chi connectivity index (χ3n) is 8.20. The summed E-state index contributed by atoms with van der Waals surface area (Å²) in [4.78, 5) is 52.7. The third kappa shape index (κ3) is 44.8. The minimum absolute atomic E-state index is 0.0220. The summed E-state index contributed by atoms with van der Waals surface area (Å²) in [5.74, 6) is -1.23. The minimum Gasteiger partial charge on any atom is -0.462 e. The normalized spacial score (nSPS) is 15.7. The first kappa shape index (κ1) is 60.2. The summed E-state index contributed by atoms with van der Waals surface area (Å²) < 4.78 is 47.6. The van der Waals surface area contributed by atoms with Crippen LogP contribution in [-0.4, -0.2) is 81.6 Å². The Bertz CT molecular complexity index is 1650. The number of phosphoric acid groups is 2. The Labute approximate surface area is 381 Å². The second-order valence-corrected chi connectivity index (χ2v) is 16.7. The molecule has 14 nitrogen and oxygen atoms in total. The minimum atomic E-state index is -4.89. The molecule has 0 bridgehead atoms. The van der Waals surface area contributed by atoms with E-state index in [1.54, 1.807) is 6.08 Å². The van der Waals surface area contributed by atoms with Gasteiger partial charge in [-0.05, 0) is 83.5 Å². The topological polar surface area (TPSA) is 216 Å². The molecule has 5 N–H and O–H groups in total. The zero-order valence-electron chi connectivity index (χ0n) is 37.7. The van der Waals surface area contributed by atoms with Gasteiger partial charge in [0.2, 0.25) is 0 Å². The van der Waals surface area contributed by atoms with Gasteiger partial charge in [-0.2, -0.15) is 0 Å². The lowest BCUT2D eigenvalue weighted by molar-refractivity contribution is -0.161. The molecule has 0 aliphatic carbocycles. The number of aliphatic hydroxyl groups is 2. The molecule has 0 rings (SSSR count). The second-order valence-electron chi connectivity index (χ2n) is 14.1. The highest BCUT2D eigenvalue weighted by molar-refractivity contribution is 7.47. The van der Waals surface area contributed by atoms with Crippen molar-refractivity contribution in [2.24, 2.45) is 0 Å². The number of carbonyl (C=O) groups is 2. The van der Waals surface area contributed by atoms with Crippen molar-refractivity contribution in [2.45, 2.75) is 128 Å². The van der Waals surface area contributed by atoms with E-state index in [9.17, 15) is 33.8 Å². The van der Waals surface area contributed by atoms with E-state index in [1.807, 2.05) is 61.6 Å². The van der Waals surface area contributed by atoms with Gasteiger partial charge in [0.1, 0.15) is 12.7 Å².